The first-order valence-electron chi connectivity index (χ1n) is 6.73. The van der Waals surface area contributed by atoms with Gasteiger partial charge < -0.3 is 21.4 Å². The number of H-pyrrole nitrogens is 2. The Balaban J connectivity index is 1.64. The Hall–Kier alpha value is -1.74. The van der Waals surface area contributed by atoms with Gasteiger partial charge in [0.2, 0.25) is 0 Å². The summed E-state index contributed by atoms with van der Waals surface area (Å²) in [5, 5.41) is 1.23. The number of imidazole rings is 2. The Morgan fingerprint density at radius 1 is 0.750 bits per heavy atom. The maximum absolute atomic E-state index is 6.33. The summed E-state index contributed by atoms with van der Waals surface area (Å²) >= 11 is 12.7. The van der Waals surface area contributed by atoms with Gasteiger partial charge in [0, 0.05) is 9.79 Å². The van der Waals surface area contributed by atoms with E-state index in [1.54, 1.807) is 0 Å². The van der Waals surface area contributed by atoms with Crippen molar-refractivity contribution in [3.63, 3.8) is 0 Å². The van der Waals surface area contributed by atoms with Gasteiger partial charge in [0.1, 0.15) is 0 Å². The molecule has 0 unspecified atom stereocenters. The van der Waals surface area contributed by atoms with E-state index in [2.05, 4.69) is 19.9 Å². The van der Waals surface area contributed by atoms with E-state index in [0.29, 0.717) is 21.9 Å². The zero-order valence-corrected chi connectivity index (χ0v) is 15.1. The van der Waals surface area contributed by atoms with Gasteiger partial charge >= 0.3 is 0 Å². The Labute approximate surface area is 154 Å². The van der Waals surface area contributed by atoms with Crippen LogP contribution in [-0.2, 0) is 0 Å². The normalized spacial score (nSPS) is 11.6. The zero-order chi connectivity index (χ0) is 16.8. The maximum Gasteiger partial charge on any atom is 0.198 e. The summed E-state index contributed by atoms with van der Waals surface area (Å²) in [6, 6.07) is 7.40. The van der Waals surface area contributed by atoms with Crippen LogP contribution in [0.2, 0.25) is 10.0 Å². The van der Waals surface area contributed by atoms with Crippen LogP contribution in [0.3, 0.4) is 0 Å². The summed E-state index contributed by atoms with van der Waals surface area (Å²) < 4.78 is 0. The number of benzene rings is 2. The number of halogens is 2. The minimum atomic E-state index is 0.362. The molecule has 6 N–H and O–H groups in total. The highest BCUT2D eigenvalue weighted by Gasteiger charge is 2.11. The maximum atomic E-state index is 6.33. The summed E-state index contributed by atoms with van der Waals surface area (Å²) in [6.45, 7) is 0. The number of anilines is 2. The van der Waals surface area contributed by atoms with Gasteiger partial charge in [-0.05, 0) is 24.3 Å². The lowest BCUT2D eigenvalue weighted by molar-refractivity contribution is 1.35. The molecule has 0 aliphatic rings. The number of hydrogen-bond acceptors (Lipinski definition) is 6. The molecular formula is C14H10Cl2N6S2. The van der Waals surface area contributed by atoms with Gasteiger partial charge in [-0.3, -0.25) is 0 Å². The predicted molar refractivity (Wildman–Crippen MR) is 103 cm³/mol. The summed E-state index contributed by atoms with van der Waals surface area (Å²) in [5.74, 6) is 0.723. The SMILES string of the molecule is Nc1nc2cc(SSc3cc4nc(N)[nH]c4cc3Cl)c(Cl)cc2[nH]1. The molecule has 0 saturated heterocycles. The smallest absolute Gasteiger partial charge is 0.198 e. The second-order valence-corrected chi connectivity index (χ2v) is 8.04. The third-order valence-corrected chi connectivity index (χ3v) is 6.62. The van der Waals surface area contributed by atoms with Crippen LogP contribution in [0.15, 0.2) is 34.1 Å². The van der Waals surface area contributed by atoms with Gasteiger partial charge in [-0.15, -0.1) is 0 Å². The number of rotatable bonds is 3. The number of nitrogens with one attached hydrogen (secondary N) is 2. The van der Waals surface area contributed by atoms with Gasteiger partial charge in [-0.2, -0.15) is 0 Å². The fourth-order valence-corrected chi connectivity index (χ4v) is 5.25. The zero-order valence-electron chi connectivity index (χ0n) is 11.9. The number of nitrogens with two attached hydrogens (primary N) is 2. The number of aromatic nitrogens is 4. The molecule has 2 heterocycles. The fraction of sp³-hybridized carbons (Fsp3) is 0. The minimum absolute atomic E-state index is 0.362. The van der Waals surface area contributed by atoms with Crippen molar-refractivity contribution in [1.29, 1.82) is 0 Å². The van der Waals surface area contributed by atoms with E-state index in [-0.39, 0.29) is 0 Å². The Morgan fingerprint density at radius 3 is 1.58 bits per heavy atom. The van der Waals surface area contributed by atoms with Crippen LogP contribution < -0.4 is 11.5 Å². The molecule has 24 heavy (non-hydrogen) atoms. The molecular weight excluding hydrogens is 387 g/mol. The lowest BCUT2D eigenvalue weighted by Crippen LogP contribution is -1.84. The number of nitrogen functional groups attached to an aromatic ring is 2. The lowest BCUT2D eigenvalue weighted by Gasteiger charge is -2.05. The average molecular weight is 397 g/mol. The molecule has 0 fully saturated rings. The van der Waals surface area contributed by atoms with E-state index < -0.39 is 0 Å². The van der Waals surface area contributed by atoms with Gasteiger partial charge in [0.05, 0.1) is 32.1 Å². The summed E-state index contributed by atoms with van der Waals surface area (Å²) in [6.07, 6.45) is 0. The highest BCUT2D eigenvalue weighted by Crippen LogP contribution is 2.45. The van der Waals surface area contributed by atoms with Crippen molar-refractivity contribution in [2.24, 2.45) is 0 Å². The van der Waals surface area contributed by atoms with Crippen molar-refractivity contribution in [2.75, 3.05) is 11.5 Å². The van der Waals surface area contributed by atoms with Crippen molar-refractivity contribution >= 4 is 78.8 Å². The van der Waals surface area contributed by atoms with E-state index in [9.17, 15) is 0 Å². The molecule has 4 rings (SSSR count). The largest absolute Gasteiger partial charge is 0.369 e. The van der Waals surface area contributed by atoms with Crippen LogP contribution in [0.5, 0.6) is 0 Å². The molecule has 10 heteroatoms. The molecule has 2 aromatic carbocycles. The molecule has 0 saturated carbocycles. The van der Waals surface area contributed by atoms with Gasteiger partial charge in [0.25, 0.3) is 0 Å². The van der Waals surface area contributed by atoms with Crippen molar-refractivity contribution in [1.82, 2.24) is 19.9 Å². The number of nitrogens with zero attached hydrogens (tertiary/aromatic N) is 2. The van der Waals surface area contributed by atoms with E-state index in [0.717, 1.165) is 31.9 Å². The van der Waals surface area contributed by atoms with Gasteiger partial charge in [-0.25, -0.2) is 9.97 Å². The minimum Gasteiger partial charge on any atom is -0.369 e. The van der Waals surface area contributed by atoms with Crippen molar-refractivity contribution in [2.45, 2.75) is 9.79 Å². The van der Waals surface area contributed by atoms with Crippen LogP contribution in [0.1, 0.15) is 0 Å². The third-order valence-electron chi connectivity index (χ3n) is 3.33. The third kappa shape index (κ3) is 2.86. The summed E-state index contributed by atoms with van der Waals surface area (Å²) in [7, 11) is 2.98. The first-order chi connectivity index (χ1) is 11.5. The number of aromatic amines is 2. The van der Waals surface area contributed by atoms with Crippen molar-refractivity contribution < 1.29 is 0 Å². The average Bonchev–Trinajstić information content (AvgIpc) is 3.04. The van der Waals surface area contributed by atoms with E-state index in [1.807, 2.05) is 24.3 Å². The molecule has 0 spiro atoms. The molecule has 0 bridgehead atoms. The van der Waals surface area contributed by atoms with Crippen LogP contribution in [0.25, 0.3) is 22.1 Å². The van der Waals surface area contributed by atoms with E-state index in [1.165, 1.54) is 21.6 Å². The van der Waals surface area contributed by atoms with Crippen molar-refractivity contribution in [3.05, 3.63) is 34.3 Å². The molecule has 4 aromatic rings. The van der Waals surface area contributed by atoms with Crippen LogP contribution in [0, 0.1) is 0 Å². The molecule has 0 aliphatic carbocycles. The molecule has 0 atom stereocenters. The van der Waals surface area contributed by atoms with Crippen LogP contribution >= 0.6 is 44.8 Å². The molecule has 122 valence electrons. The molecule has 6 nitrogen and oxygen atoms in total. The Morgan fingerprint density at radius 2 is 1.17 bits per heavy atom. The number of hydrogen-bond donors (Lipinski definition) is 4. The lowest BCUT2D eigenvalue weighted by atomic mass is 10.3. The summed E-state index contributed by atoms with van der Waals surface area (Å²) in [5.41, 5.74) is 14.5. The second-order valence-electron chi connectivity index (χ2n) is 5.01. The predicted octanol–water partition coefficient (Wildman–Crippen LogP) is 4.71. The monoisotopic (exact) mass is 396 g/mol. The highest BCUT2D eigenvalue weighted by molar-refractivity contribution is 8.76. The fourth-order valence-electron chi connectivity index (χ4n) is 2.28. The Kier molecular flexibility index (Phi) is 3.92. The summed E-state index contributed by atoms with van der Waals surface area (Å²) in [4.78, 5) is 16.1. The standard InChI is InChI=1S/C14H10Cl2N6S2/c15-5-1-7-9(21-13(17)19-7)3-11(5)23-24-12-4-10-8(2-6(12)16)20-14(18)22-10/h1-4H,(H3,17,19,21)(H3,18,20,22). The molecule has 0 aliphatic heterocycles. The quantitative estimate of drug-likeness (QED) is 0.373. The first-order valence-corrected chi connectivity index (χ1v) is 9.64. The van der Waals surface area contributed by atoms with Crippen molar-refractivity contribution in [3.8, 4) is 0 Å². The Bertz CT molecular complexity index is 988. The second kappa shape index (κ2) is 5.96. The van der Waals surface area contributed by atoms with Crippen LogP contribution in [0.4, 0.5) is 11.9 Å². The van der Waals surface area contributed by atoms with Gasteiger partial charge in [-0.1, -0.05) is 44.8 Å². The van der Waals surface area contributed by atoms with E-state index in [4.69, 9.17) is 34.7 Å². The van der Waals surface area contributed by atoms with Crippen LogP contribution in [-0.4, -0.2) is 19.9 Å². The van der Waals surface area contributed by atoms with E-state index >= 15 is 0 Å². The number of fused-ring (bicyclic) bond motifs is 2. The molecule has 2 aromatic heterocycles. The first kappa shape index (κ1) is 15.8. The van der Waals surface area contributed by atoms with Gasteiger partial charge in [0.15, 0.2) is 11.9 Å². The topological polar surface area (TPSA) is 109 Å². The molecule has 0 radical (unpaired) electrons. The highest BCUT2D eigenvalue weighted by atomic mass is 35.5. The molecule has 0 amide bonds.